The van der Waals surface area contributed by atoms with Gasteiger partial charge in [0.05, 0.1) is 7.11 Å². The van der Waals surface area contributed by atoms with Crippen molar-refractivity contribution in [2.75, 3.05) is 7.11 Å². The molecule has 24 heavy (non-hydrogen) atoms. The lowest BCUT2D eigenvalue weighted by atomic mass is 10.1. The molecule has 0 unspecified atom stereocenters. The van der Waals surface area contributed by atoms with Gasteiger partial charge in [-0.1, -0.05) is 24.3 Å². The Balaban J connectivity index is 2.27. The summed E-state index contributed by atoms with van der Waals surface area (Å²) in [5.74, 6) is 0.837. The standard InChI is InChI=1S/C20H22O4/c1-4-6-14-8-9-17(21)18(11-14)24-13-16-10-15(7-5-2)12-19(23-3)20(16)22/h4-5,7-12,21-22H,1,6,13H2,2-3H3/b7-5+. The van der Waals surface area contributed by atoms with Gasteiger partial charge in [0.1, 0.15) is 6.61 Å². The van der Waals surface area contributed by atoms with Crippen LogP contribution in [0.25, 0.3) is 6.08 Å². The fourth-order valence-corrected chi connectivity index (χ4v) is 2.37. The summed E-state index contributed by atoms with van der Waals surface area (Å²) < 4.78 is 10.9. The summed E-state index contributed by atoms with van der Waals surface area (Å²) in [5, 5.41) is 20.2. The van der Waals surface area contributed by atoms with Gasteiger partial charge in [-0.3, -0.25) is 0 Å². The number of allylic oxidation sites excluding steroid dienone is 2. The van der Waals surface area contributed by atoms with E-state index >= 15 is 0 Å². The summed E-state index contributed by atoms with van der Waals surface area (Å²) in [6.07, 6.45) is 6.29. The van der Waals surface area contributed by atoms with Crippen LogP contribution in [0.2, 0.25) is 0 Å². The maximum absolute atomic E-state index is 10.3. The summed E-state index contributed by atoms with van der Waals surface area (Å²) in [7, 11) is 1.50. The molecular formula is C20H22O4. The van der Waals surface area contributed by atoms with Crippen LogP contribution < -0.4 is 9.47 Å². The first-order valence-electron chi connectivity index (χ1n) is 7.67. The van der Waals surface area contributed by atoms with Gasteiger partial charge < -0.3 is 19.7 Å². The van der Waals surface area contributed by atoms with Crippen LogP contribution in [0.5, 0.6) is 23.0 Å². The smallest absolute Gasteiger partial charge is 0.164 e. The van der Waals surface area contributed by atoms with Crippen LogP contribution in [-0.2, 0) is 13.0 Å². The number of rotatable bonds is 7. The lowest BCUT2D eigenvalue weighted by Crippen LogP contribution is -1.99. The van der Waals surface area contributed by atoms with Crippen molar-refractivity contribution in [3.05, 3.63) is 65.8 Å². The lowest BCUT2D eigenvalue weighted by Gasteiger charge is -2.13. The third-order valence-corrected chi connectivity index (χ3v) is 3.54. The normalized spacial score (nSPS) is 10.8. The molecule has 4 heteroatoms. The largest absolute Gasteiger partial charge is 0.504 e. The molecule has 0 fully saturated rings. The highest BCUT2D eigenvalue weighted by molar-refractivity contribution is 5.58. The zero-order valence-electron chi connectivity index (χ0n) is 14.0. The van der Waals surface area contributed by atoms with E-state index in [0.717, 1.165) is 11.1 Å². The van der Waals surface area contributed by atoms with Gasteiger partial charge in [-0.2, -0.15) is 0 Å². The summed E-state index contributed by atoms with van der Waals surface area (Å²) in [6, 6.07) is 8.74. The van der Waals surface area contributed by atoms with Gasteiger partial charge in [0.15, 0.2) is 23.0 Å². The number of ether oxygens (including phenoxy) is 2. The van der Waals surface area contributed by atoms with Crippen molar-refractivity contribution < 1.29 is 19.7 Å². The van der Waals surface area contributed by atoms with Crippen molar-refractivity contribution in [1.82, 2.24) is 0 Å². The molecule has 0 saturated carbocycles. The maximum atomic E-state index is 10.3. The van der Waals surface area contributed by atoms with Crippen LogP contribution in [0.3, 0.4) is 0 Å². The molecule has 0 aliphatic carbocycles. The number of phenols is 2. The number of aromatic hydroxyl groups is 2. The van der Waals surface area contributed by atoms with E-state index < -0.39 is 0 Å². The topological polar surface area (TPSA) is 58.9 Å². The fraction of sp³-hybridized carbons (Fsp3) is 0.200. The zero-order valence-corrected chi connectivity index (χ0v) is 14.0. The molecule has 2 rings (SSSR count). The van der Waals surface area contributed by atoms with Crippen LogP contribution in [-0.4, -0.2) is 17.3 Å². The molecule has 0 amide bonds. The second-order valence-electron chi connectivity index (χ2n) is 5.31. The third-order valence-electron chi connectivity index (χ3n) is 3.54. The molecule has 126 valence electrons. The summed E-state index contributed by atoms with van der Waals surface area (Å²) in [4.78, 5) is 0. The minimum atomic E-state index is 0.0347. The number of hydrogen-bond acceptors (Lipinski definition) is 4. The van der Waals surface area contributed by atoms with E-state index in [1.807, 2.05) is 31.2 Å². The minimum Gasteiger partial charge on any atom is -0.504 e. The molecule has 2 N–H and O–H groups in total. The molecule has 0 aliphatic rings. The predicted octanol–water partition coefficient (Wildman–Crippen LogP) is 4.45. The molecule has 0 bridgehead atoms. The number of phenolic OH excluding ortho intramolecular Hbond substituents is 2. The first kappa shape index (κ1) is 17.5. The Hall–Kier alpha value is -2.88. The Morgan fingerprint density at radius 3 is 2.58 bits per heavy atom. The zero-order chi connectivity index (χ0) is 17.5. The molecule has 0 spiro atoms. The third kappa shape index (κ3) is 4.10. The first-order chi connectivity index (χ1) is 11.6. The SMILES string of the molecule is C=CCc1ccc(O)c(OCc2cc(/C=C/C)cc(OC)c2O)c1. The quantitative estimate of drug-likeness (QED) is 0.738. The average Bonchev–Trinajstić information content (AvgIpc) is 2.58. The van der Waals surface area contributed by atoms with Crippen molar-refractivity contribution in [3.63, 3.8) is 0 Å². The van der Waals surface area contributed by atoms with E-state index in [4.69, 9.17) is 9.47 Å². The molecule has 4 nitrogen and oxygen atoms in total. The molecule has 0 aliphatic heterocycles. The Kier molecular flexibility index (Phi) is 5.90. The number of benzene rings is 2. The Morgan fingerprint density at radius 1 is 1.12 bits per heavy atom. The highest BCUT2D eigenvalue weighted by Gasteiger charge is 2.12. The monoisotopic (exact) mass is 326 g/mol. The Morgan fingerprint density at radius 2 is 1.92 bits per heavy atom. The molecule has 0 atom stereocenters. The minimum absolute atomic E-state index is 0.0347. The van der Waals surface area contributed by atoms with Crippen molar-refractivity contribution >= 4 is 6.08 Å². The predicted molar refractivity (Wildman–Crippen MR) is 95.7 cm³/mol. The molecule has 0 heterocycles. The second-order valence-corrected chi connectivity index (χ2v) is 5.31. The van der Waals surface area contributed by atoms with Crippen molar-refractivity contribution in [3.8, 4) is 23.0 Å². The maximum Gasteiger partial charge on any atom is 0.164 e. The van der Waals surface area contributed by atoms with Crippen molar-refractivity contribution in [2.24, 2.45) is 0 Å². The van der Waals surface area contributed by atoms with E-state index in [-0.39, 0.29) is 18.1 Å². The van der Waals surface area contributed by atoms with Gasteiger partial charge in [-0.15, -0.1) is 6.58 Å². The molecule has 0 aromatic heterocycles. The second kappa shape index (κ2) is 8.11. The number of methoxy groups -OCH3 is 1. The highest BCUT2D eigenvalue weighted by Crippen LogP contribution is 2.34. The van der Waals surface area contributed by atoms with E-state index in [0.29, 0.717) is 23.5 Å². The van der Waals surface area contributed by atoms with Crippen molar-refractivity contribution in [1.29, 1.82) is 0 Å². The molecule has 2 aromatic carbocycles. The lowest BCUT2D eigenvalue weighted by molar-refractivity contribution is 0.280. The molecular weight excluding hydrogens is 304 g/mol. The van der Waals surface area contributed by atoms with Gasteiger partial charge >= 0.3 is 0 Å². The highest BCUT2D eigenvalue weighted by atomic mass is 16.5. The van der Waals surface area contributed by atoms with Crippen LogP contribution in [0.1, 0.15) is 23.6 Å². The molecule has 2 aromatic rings. The van der Waals surface area contributed by atoms with Crippen LogP contribution in [0.4, 0.5) is 0 Å². The summed E-state index contributed by atoms with van der Waals surface area (Å²) in [6.45, 7) is 5.73. The van der Waals surface area contributed by atoms with E-state index in [2.05, 4.69) is 6.58 Å². The fourth-order valence-electron chi connectivity index (χ4n) is 2.37. The van der Waals surface area contributed by atoms with E-state index in [1.165, 1.54) is 7.11 Å². The molecule has 0 saturated heterocycles. The van der Waals surface area contributed by atoms with Gasteiger partial charge in [-0.25, -0.2) is 0 Å². The van der Waals surface area contributed by atoms with Gasteiger partial charge in [0.2, 0.25) is 0 Å². The summed E-state index contributed by atoms with van der Waals surface area (Å²) >= 11 is 0. The van der Waals surface area contributed by atoms with Crippen molar-refractivity contribution in [2.45, 2.75) is 20.0 Å². The van der Waals surface area contributed by atoms with Gasteiger partial charge in [-0.05, 0) is 48.7 Å². The summed E-state index contributed by atoms with van der Waals surface area (Å²) in [5.41, 5.74) is 2.47. The van der Waals surface area contributed by atoms with Crippen LogP contribution in [0, 0.1) is 0 Å². The first-order valence-corrected chi connectivity index (χ1v) is 7.67. The van der Waals surface area contributed by atoms with Gasteiger partial charge in [0.25, 0.3) is 0 Å². The van der Waals surface area contributed by atoms with Gasteiger partial charge in [0, 0.05) is 5.56 Å². The van der Waals surface area contributed by atoms with E-state index in [1.54, 1.807) is 24.3 Å². The van der Waals surface area contributed by atoms with Crippen LogP contribution in [0.15, 0.2) is 49.1 Å². The Bertz CT molecular complexity index is 748. The van der Waals surface area contributed by atoms with E-state index in [9.17, 15) is 10.2 Å². The average molecular weight is 326 g/mol. The van der Waals surface area contributed by atoms with Crippen LogP contribution >= 0.6 is 0 Å². The Labute approximate surface area is 142 Å². The number of hydrogen-bond donors (Lipinski definition) is 2. The molecule has 0 radical (unpaired) electrons.